The van der Waals surface area contributed by atoms with Crippen molar-refractivity contribution in [2.75, 3.05) is 17.4 Å². The Morgan fingerprint density at radius 1 is 1.17 bits per heavy atom. The van der Waals surface area contributed by atoms with Gasteiger partial charge < -0.3 is 20.1 Å². The highest BCUT2D eigenvalue weighted by Crippen LogP contribution is 2.51. The van der Waals surface area contributed by atoms with Gasteiger partial charge in [0.15, 0.2) is 11.5 Å². The number of carbonyl (C=O) groups excluding carboxylic acids is 1. The van der Waals surface area contributed by atoms with Crippen LogP contribution in [0, 0.1) is 5.41 Å². The highest BCUT2D eigenvalue weighted by molar-refractivity contribution is 6.01. The van der Waals surface area contributed by atoms with Crippen LogP contribution in [-0.2, 0) is 16.6 Å². The van der Waals surface area contributed by atoms with E-state index in [-0.39, 0.29) is 18.1 Å². The molecule has 5 heteroatoms. The molecule has 0 radical (unpaired) electrons. The molecule has 2 aromatic rings. The molecule has 5 nitrogen and oxygen atoms in total. The predicted molar refractivity (Wildman–Crippen MR) is 114 cm³/mol. The first-order chi connectivity index (χ1) is 13.9. The zero-order chi connectivity index (χ0) is 20.2. The van der Waals surface area contributed by atoms with Crippen LogP contribution in [0.5, 0.6) is 11.5 Å². The van der Waals surface area contributed by atoms with E-state index in [1.165, 1.54) is 11.3 Å². The molecule has 2 aliphatic heterocycles. The molecule has 1 atom stereocenters. The first kappa shape index (κ1) is 18.3. The van der Waals surface area contributed by atoms with Crippen LogP contribution in [-0.4, -0.2) is 18.7 Å². The number of nitrogens with one attached hydrogen (secondary N) is 2. The van der Waals surface area contributed by atoms with Crippen LogP contribution < -0.4 is 20.1 Å². The average molecular weight is 392 g/mol. The molecule has 1 fully saturated rings. The second-order valence-electron chi connectivity index (χ2n) is 9.22. The number of benzene rings is 2. The SMILES string of the molecule is CCC(C)(C)C1Cc2cc(NC(=O)C3(c4ccc5c(c4)OCO5)CC3)ccc2N1. The molecule has 0 spiro atoms. The van der Waals surface area contributed by atoms with E-state index in [1.807, 2.05) is 24.3 Å². The van der Waals surface area contributed by atoms with E-state index in [0.29, 0.717) is 6.04 Å². The molecule has 2 N–H and O–H groups in total. The van der Waals surface area contributed by atoms with Crippen molar-refractivity contribution >= 4 is 17.3 Å². The average Bonchev–Trinajstić information content (AvgIpc) is 3.20. The number of anilines is 2. The summed E-state index contributed by atoms with van der Waals surface area (Å²) in [5.74, 6) is 1.54. The molecule has 3 aliphatic rings. The van der Waals surface area contributed by atoms with Gasteiger partial charge in [0.2, 0.25) is 12.7 Å². The topological polar surface area (TPSA) is 59.6 Å². The monoisotopic (exact) mass is 392 g/mol. The molecule has 152 valence electrons. The lowest BCUT2D eigenvalue weighted by Gasteiger charge is -2.30. The van der Waals surface area contributed by atoms with E-state index in [1.54, 1.807) is 0 Å². The number of carbonyl (C=O) groups is 1. The fourth-order valence-corrected chi connectivity index (χ4v) is 4.37. The van der Waals surface area contributed by atoms with E-state index in [9.17, 15) is 4.79 Å². The van der Waals surface area contributed by atoms with Crippen molar-refractivity contribution in [3.8, 4) is 11.5 Å². The first-order valence-electron chi connectivity index (χ1n) is 10.5. The second-order valence-corrected chi connectivity index (χ2v) is 9.22. The van der Waals surface area contributed by atoms with Gasteiger partial charge in [0.05, 0.1) is 5.41 Å². The quantitative estimate of drug-likeness (QED) is 0.763. The Morgan fingerprint density at radius 3 is 2.72 bits per heavy atom. The normalized spacial score (nSPS) is 20.7. The molecule has 2 heterocycles. The van der Waals surface area contributed by atoms with Crippen LogP contribution in [0.4, 0.5) is 11.4 Å². The molecule has 5 rings (SSSR count). The molecule has 1 unspecified atom stereocenters. The van der Waals surface area contributed by atoms with E-state index >= 15 is 0 Å². The van der Waals surface area contributed by atoms with Crippen LogP contribution in [0.3, 0.4) is 0 Å². The van der Waals surface area contributed by atoms with Crippen molar-refractivity contribution in [2.24, 2.45) is 5.41 Å². The molecular formula is C24H28N2O3. The van der Waals surface area contributed by atoms with Crippen LogP contribution in [0.2, 0.25) is 0 Å². The number of amides is 1. The Morgan fingerprint density at radius 2 is 1.97 bits per heavy atom. The van der Waals surface area contributed by atoms with Gasteiger partial charge in [-0.3, -0.25) is 4.79 Å². The predicted octanol–water partition coefficient (Wildman–Crippen LogP) is 4.86. The van der Waals surface area contributed by atoms with Gasteiger partial charge >= 0.3 is 0 Å². The first-order valence-corrected chi connectivity index (χ1v) is 10.5. The summed E-state index contributed by atoms with van der Waals surface area (Å²) in [6.07, 6.45) is 3.84. The van der Waals surface area contributed by atoms with E-state index in [2.05, 4.69) is 43.5 Å². The lowest BCUT2D eigenvalue weighted by atomic mass is 9.80. The molecule has 0 bridgehead atoms. The Bertz CT molecular complexity index is 978. The summed E-state index contributed by atoms with van der Waals surface area (Å²) >= 11 is 0. The molecule has 29 heavy (non-hydrogen) atoms. The van der Waals surface area contributed by atoms with Gasteiger partial charge in [0.25, 0.3) is 0 Å². The van der Waals surface area contributed by atoms with Crippen molar-refractivity contribution in [1.29, 1.82) is 0 Å². The van der Waals surface area contributed by atoms with Crippen molar-refractivity contribution in [3.05, 3.63) is 47.5 Å². The van der Waals surface area contributed by atoms with Crippen molar-refractivity contribution < 1.29 is 14.3 Å². The van der Waals surface area contributed by atoms with Gasteiger partial charge in [-0.25, -0.2) is 0 Å². The molecule has 0 saturated heterocycles. The summed E-state index contributed by atoms with van der Waals surface area (Å²) in [5.41, 5.74) is 4.13. The van der Waals surface area contributed by atoms with Gasteiger partial charge in [-0.05, 0) is 72.6 Å². The summed E-state index contributed by atoms with van der Waals surface area (Å²) in [6.45, 7) is 7.10. The summed E-state index contributed by atoms with van der Waals surface area (Å²) in [5, 5.41) is 6.83. The van der Waals surface area contributed by atoms with Crippen molar-refractivity contribution in [1.82, 2.24) is 0 Å². The summed E-state index contributed by atoms with van der Waals surface area (Å²) in [7, 11) is 0. The third kappa shape index (κ3) is 3.04. The number of fused-ring (bicyclic) bond motifs is 2. The van der Waals surface area contributed by atoms with E-state index in [4.69, 9.17) is 9.47 Å². The summed E-state index contributed by atoms with van der Waals surface area (Å²) in [6, 6.07) is 12.5. The molecule has 1 amide bonds. The van der Waals surface area contributed by atoms with Crippen LogP contribution in [0.15, 0.2) is 36.4 Å². The zero-order valence-electron chi connectivity index (χ0n) is 17.3. The number of hydrogen-bond donors (Lipinski definition) is 2. The van der Waals surface area contributed by atoms with Crippen molar-refractivity contribution in [2.45, 2.75) is 57.9 Å². The largest absolute Gasteiger partial charge is 0.454 e. The Labute approximate surface area is 171 Å². The van der Waals surface area contributed by atoms with Gasteiger partial charge in [0, 0.05) is 17.4 Å². The molecule has 1 aliphatic carbocycles. The third-order valence-corrected chi connectivity index (χ3v) is 7.08. The molecule has 2 aromatic carbocycles. The third-order valence-electron chi connectivity index (χ3n) is 7.08. The highest BCUT2D eigenvalue weighted by atomic mass is 16.7. The lowest BCUT2D eigenvalue weighted by molar-refractivity contribution is -0.118. The Balaban J connectivity index is 1.33. The smallest absolute Gasteiger partial charge is 0.235 e. The fourth-order valence-electron chi connectivity index (χ4n) is 4.37. The van der Waals surface area contributed by atoms with Gasteiger partial charge in [0.1, 0.15) is 0 Å². The van der Waals surface area contributed by atoms with Crippen LogP contribution in [0.1, 0.15) is 51.2 Å². The second kappa shape index (κ2) is 6.41. The summed E-state index contributed by atoms with van der Waals surface area (Å²) < 4.78 is 10.9. The number of hydrogen-bond acceptors (Lipinski definition) is 4. The highest BCUT2D eigenvalue weighted by Gasteiger charge is 2.51. The Kier molecular flexibility index (Phi) is 4.05. The minimum absolute atomic E-state index is 0.0627. The van der Waals surface area contributed by atoms with E-state index in [0.717, 1.165) is 48.4 Å². The zero-order valence-corrected chi connectivity index (χ0v) is 17.3. The minimum Gasteiger partial charge on any atom is -0.454 e. The lowest BCUT2D eigenvalue weighted by Crippen LogP contribution is -2.33. The van der Waals surface area contributed by atoms with Gasteiger partial charge in [-0.1, -0.05) is 26.8 Å². The standard InChI is InChI=1S/C24H28N2O3/c1-4-23(2,3)21-12-15-11-17(6-7-18(15)26-21)25-22(27)24(9-10-24)16-5-8-19-20(13-16)29-14-28-19/h5-8,11,13,21,26H,4,9-10,12,14H2,1-3H3,(H,25,27). The fraction of sp³-hybridized carbons (Fsp3) is 0.458. The number of rotatable bonds is 5. The van der Waals surface area contributed by atoms with Crippen molar-refractivity contribution in [3.63, 3.8) is 0 Å². The van der Waals surface area contributed by atoms with Crippen LogP contribution in [0.25, 0.3) is 0 Å². The van der Waals surface area contributed by atoms with Crippen LogP contribution >= 0.6 is 0 Å². The van der Waals surface area contributed by atoms with Gasteiger partial charge in [-0.2, -0.15) is 0 Å². The maximum atomic E-state index is 13.2. The molecule has 0 aromatic heterocycles. The minimum atomic E-state index is -0.453. The maximum absolute atomic E-state index is 13.2. The molecule has 1 saturated carbocycles. The van der Waals surface area contributed by atoms with Gasteiger partial charge in [-0.15, -0.1) is 0 Å². The number of ether oxygens (including phenoxy) is 2. The van der Waals surface area contributed by atoms with E-state index < -0.39 is 5.41 Å². The summed E-state index contributed by atoms with van der Waals surface area (Å²) in [4.78, 5) is 13.2. The Hall–Kier alpha value is -2.69. The molecular weight excluding hydrogens is 364 g/mol. The maximum Gasteiger partial charge on any atom is 0.235 e.